The Balaban J connectivity index is 2.31. The van der Waals surface area contributed by atoms with Crippen LogP contribution in [0.5, 0.6) is 0 Å². The molecule has 7 nitrogen and oxygen atoms in total. The molecule has 0 bridgehead atoms. The Hall–Kier alpha value is -1.83. The molecule has 1 fully saturated rings. The molecule has 1 saturated carbocycles. The van der Waals surface area contributed by atoms with Crippen LogP contribution in [-0.2, 0) is 10.0 Å². The van der Waals surface area contributed by atoms with Crippen LogP contribution in [0.4, 0.5) is 10.5 Å². The average molecular weight is 341 g/mol. The summed E-state index contributed by atoms with van der Waals surface area (Å²) in [6.45, 7) is 1.34. The highest BCUT2D eigenvalue weighted by atomic mass is 32.2. The van der Waals surface area contributed by atoms with Gasteiger partial charge in [0.1, 0.15) is 4.90 Å². The zero-order chi connectivity index (χ0) is 16.9. The minimum Gasteiger partial charge on any atom is -0.464 e. The van der Waals surface area contributed by atoms with Crippen molar-refractivity contribution in [1.29, 1.82) is 0 Å². The van der Waals surface area contributed by atoms with E-state index in [1.54, 1.807) is 6.07 Å². The predicted octanol–water partition coefficient (Wildman–Crippen LogP) is 2.90. The molecule has 1 aliphatic carbocycles. The monoisotopic (exact) mass is 341 g/mol. The number of nitrogens with zero attached hydrogens (tertiary/aromatic N) is 2. The highest BCUT2D eigenvalue weighted by Gasteiger charge is 2.30. The maximum atomic E-state index is 12.6. The first-order valence-corrected chi connectivity index (χ1v) is 9.37. The van der Waals surface area contributed by atoms with Crippen molar-refractivity contribution in [2.24, 2.45) is 0 Å². The number of hydrogen-bond donors (Lipinski definition) is 2. The fourth-order valence-electron chi connectivity index (χ4n) is 2.88. The van der Waals surface area contributed by atoms with Crippen LogP contribution in [-0.4, -0.2) is 41.5 Å². The third-order valence-corrected chi connectivity index (χ3v) is 5.94. The lowest BCUT2D eigenvalue weighted by Gasteiger charge is -2.22. The molecular formula is C15H23N3O4S. The van der Waals surface area contributed by atoms with E-state index in [9.17, 15) is 13.2 Å². The lowest BCUT2D eigenvalue weighted by Crippen LogP contribution is -2.36. The van der Waals surface area contributed by atoms with E-state index in [4.69, 9.17) is 5.11 Å². The summed E-state index contributed by atoms with van der Waals surface area (Å²) < 4.78 is 25.6. The molecule has 0 atom stereocenters. The molecule has 1 aliphatic rings. The molecular weight excluding hydrogens is 318 g/mol. The van der Waals surface area contributed by atoms with Crippen molar-refractivity contribution in [3.05, 3.63) is 18.5 Å². The number of aromatic nitrogens is 1. The van der Waals surface area contributed by atoms with Crippen molar-refractivity contribution in [3.63, 3.8) is 0 Å². The van der Waals surface area contributed by atoms with Gasteiger partial charge in [0.25, 0.3) is 10.0 Å². The number of hydrogen-bond acceptors (Lipinski definition) is 5. The molecule has 8 heteroatoms. The first-order valence-electron chi connectivity index (χ1n) is 7.93. The standard InChI is InChI=1S/C15H23N3O4S/c1-2-18(15(19)20)23(21,22)14-11-16-10-9-13(14)17-12-7-5-3-4-6-8-12/h9-12H,2-8H2,1H3,(H,16,17)(H,19,20). The molecule has 0 aliphatic heterocycles. The molecule has 1 heterocycles. The minimum absolute atomic E-state index is 0.0894. The second kappa shape index (κ2) is 7.63. The topological polar surface area (TPSA) is 99.6 Å². The molecule has 1 aromatic heterocycles. The fourth-order valence-corrected chi connectivity index (χ4v) is 4.26. The Morgan fingerprint density at radius 1 is 1.35 bits per heavy atom. The Bertz CT molecular complexity index is 640. The second-order valence-corrected chi connectivity index (χ2v) is 7.49. The van der Waals surface area contributed by atoms with Gasteiger partial charge < -0.3 is 10.4 Å². The van der Waals surface area contributed by atoms with Gasteiger partial charge >= 0.3 is 6.09 Å². The van der Waals surface area contributed by atoms with Crippen LogP contribution in [0.1, 0.15) is 45.4 Å². The molecule has 0 unspecified atom stereocenters. The zero-order valence-electron chi connectivity index (χ0n) is 13.2. The van der Waals surface area contributed by atoms with Crippen LogP contribution in [0.25, 0.3) is 0 Å². The molecule has 0 saturated heterocycles. The van der Waals surface area contributed by atoms with Crippen molar-refractivity contribution < 1.29 is 18.3 Å². The molecule has 128 valence electrons. The van der Waals surface area contributed by atoms with Crippen molar-refractivity contribution >= 4 is 21.8 Å². The van der Waals surface area contributed by atoms with Crippen LogP contribution in [0.15, 0.2) is 23.4 Å². The van der Waals surface area contributed by atoms with Gasteiger partial charge in [-0.05, 0) is 25.8 Å². The van der Waals surface area contributed by atoms with Gasteiger partial charge in [-0.3, -0.25) is 4.98 Å². The number of pyridine rings is 1. The van der Waals surface area contributed by atoms with Gasteiger partial charge in [0.15, 0.2) is 0 Å². The average Bonchev–Trinajstić information content (AvgIpc) is 2.76. The van der Waals surface area contributed by atoms with Crippen molar-refractivity contribution in [3.8, 4) is 0 Å². The molecule has 23 heavy (non-hydrogen) atoms. The largest absolute Gasteiger partial charge is 0.464 e. The maximum Gasteiger partial charge on any atom is 0.421 e. The Labute approximate surface area is 136 Å². The van der Waals surface area contributed by atoms with Gasteiger partial charge in [-0.1, -0.05) is 25.7 Å². The first-order chi connectivity index (χ1) is 11.0. The van der Waals surface area contributed by atoms with Crippen LogP contribution < -0.4 is 5.32 Å². The lowest BCUT2D eigenvalue weighted by atomic mass is 10.1. The second-order valence-electron chi connectivity index (χ2n) is 5.66. The van der Waals surface area contributed by atoms with Crippen LogP contribution in [0.3, 0.4) is 0 Å². The van der Waals surface area contributed by atoms with E-state index in [-0.39, 0.29) is 17.5 Å². The van der Waals surface area contributed by atoms with Crippen molar-refractivity contribution in [2.75, 3.05) is 11.9 Å². The summed E-state index contributed by atoms with van der Waals surface area (Å²) in [5.74, 6) is 0. The van der Waals surface area contributed by atoms with E-state index < -0.39 is 16.1 Å². The summed E-state index contributed by atoms with van der Waals surface area (Å²) in [5.41, 5.74) is 0.423. The van der Waals surface area contributed by atoms with Crippen molar-refractivity contribution in [1.82, 2.24) is 9.29 Å². The summed E-state index contributed by atoms with van der Waals surface area (Å²) in [7, 11) is -4.13. The van der Waals surface area contributed by atoms with Gasteiger partial charge in [0, 0.05) is 25.0 Å². The number of rotatable bonds is 5. The highest BCUT2D eigenvalue weighted by Crippen LogP contribution is 2.27. The number of anilines is 1. The summed E-state index contributed by atoms with van der Waals surface area (Å²) in [6, 6.07) is 1.79. The van der Waals surface area contributed by atoms with Gasteiger partial charge in [-0.25, -0.2) is 17.5 Å². The lowest BCUT2D eigenvalue weighted by molar-refractivity contribution is 0.173. The van der Waals surface area contributed by atoms with Gasteiger partial charge in [-0.2, -0.15) is 0 Å². The number of carboxylic acid groups (broad SMARTS) is 1. The first kappa shape index (κ1) is 17.5. The predicted molar refractivity (Wildman–Crippen MR) is 86.9 cm³/mol. The minimum atomic E-state index is -4.13. The SMILES string of the molecule is CCN(C(=O)O)S(=O)(=O)c1cnccc1NC1CCCCCC1. The van der Waals surface area contributed by atoms with E-state index in [0.717, 1.165) is 25.7 Å². The summed E-state index contributed by atoms with van der Waals surface area (Å²) in [5, 5.41) is 12.4. The Morgan fingerprint density at radius 3 is 2.57 bits per heavy atom. The fraction of sp³-hybridized carbons (Fsp3) is 0.600. The molecule has 0 radical (unpaired) electrons. The zero-order valence-corrected chi connectivity index (χ0v) is 14.1. The van der Waals surface area contributed by atoms with Gasteiger partial charge in [0.05, 0.1) is 5.69 Å². The Morgan fingerprint density at radius 2 is 2.00 bits per heavy atom. The van der Waals surface area contributed by atoms with Crippen LogP contribution in [0.2, 0.25) is 0 Å². The summed E-state index contributed by atoms with van der Waals surface area (Å²) >= 11 is 0. The molecule has 0 spiro atoms. The van der Waals surface area contributed by atoms with Crippen LogP contribution >= 0.6 is 0 Å². The third kappa shape index (κ3) is 4.13. The Kier molecular flexibility index (Phi) is 5.81. The molecule has 2 rings (SSSR count). The van der Waals surface area contributed by atoms with E-state index in [2.05, 4.69) is 10.3 Å². The number of carbonyl (C=O) groups is 1. The van der Waals surface area contributed by atoms with E-state index >= 15 is 0 Å². The summed E-state index contributed by atoms with van der Waals surface area (Å²) in [4.78, 5) is 15.0. The van der Waals surface area contributed by atoms with Crippen molar-refractivity contribution in [2.45, 2.75) is 56.4 Å². The smallest absolute Gasteiger partial charge is 0.421 e. The molecule has 2 N–H and O–H groups in total. The highest BCUT2D eigenvalue weighted by molar-refractivity contribution is 7.89. The van der Waals surface area contributed by atoms with Gasteiger partial charge in [-0.15, -0.1) is 0 Å². The number of nitrogens with one attached hydrogen (secondary N) is 1. The molecule has 0 aromatic carbocycles. The molecule has 1 amide bonds. The maximum absolute atomic E-state index is 12.6. The normalized spacial score (nSPS) is 16.6. The van der Waals surface area contributed by atoms with E-state index in [0.29, 0.717) is 9.99 Å². The molecule has 1 aromatic rings. The quantitative estimate of drug-likeness (QED) is 0.799. The number of sulfonamides is 1. The van der Waals surface area contributed by atoms with E-state index in [1.165, 1.54) is 32.2 Å². The number of amides is 1. The van der Waals surface area contributed by atoms with Crippen LogP contribution in [0, 0.1) is 0 Å². The summed E-state index contributed by atoms with van der Waals surface area (Å²) in [6.07, 6.45) is 7.81. The third-order valence-electron chi connectivity index (χ3n) is 4.07. The van der Waals surface area contributed by atoms with Gasteiger partial charge in [0.2, 0.25) is 0 Å². The van der Waals surface area contributed by atoms with E-state index in [1.807, 2.05) is 0 Å².